The number of nitrogens with one attached hydrogen (secondary N) is 1. The molecule has 7 nitrogen and oxygen atoms in total. The van der Waals surface area contributed by atoms with Crippen molar-refractivity contribution in [1.29, 1.82) is 0 Å². The molecule has 1 fully saturated rings. The Morgan fingerprint density at radius 2 is 1.96 bits per heavy atom. The van der Waals surface area contributed by atoms with Crippen LogP contribution in [0.1, 0.15) is 26.5 Å². The molecule has 5 atom stereocenters. The molecule has 2 aromatic rings. The SMILES string of the molecule is CCC(C)Nc1nc2cc(Cl)c(Cl)cc2n1[C@H]1O[C@@H](CO)[C@H](O)[C@@H]1O. The molecule has 0 spiro atoms. The fourth-order valence-corrected chi connectivity index (χ4v) is 3.18. The number of aliphatic hydroxyl groups excluding tert-OH is 3. The third-order valence-corrected chi connectivity index (χ3v) is 5.21. The maximum Gasteiger partial charge on any atom is 0.206 e. The first-order valence-electron chi connectivity index (χ1n) is 8.13. The Balaban J connectivity index is 2.13. The van der Waals surface area contributed by atoms with Gasteiger partial charge in [0.1, 0.15) is 18.3 Å². The molecule has 25 heavy (non-hydrogen) atoms. The Morgan fingerprint density at radius 3 is 2.56 bits per heavy atom. The predicted molar refractivity (Wildman–Crippen MR) is 96.1 cm³/mol. The van der Waals surface area contributed by atoms with Gasteiger partial charge in [-0.1, -0.05) is 30.1 Å². The van der Waals surface area contributed by atoms with E-state index in [1.807, 2.05) is 13.8 Å². The van der Waals surface area contributed by atoms with Crippen LogP contribution >= 0.6 is 23.2 Å². The molecule has 1 aromatic heterocycles. The number of anilines is 1. The standard InChI is InChI=1S/C16H21Cl2N3O4/c1-3-7(2)19-16-20-10-4-8(17)9(18)5-11(10)21(16)15-14(24)13(23)12(6-22)25-15/h4-5,7,12-15,22-24H,3,6H2,1-2H3,(H,19,20)/t7?,12-,13-,14-,15-/m0/s1. The van der Waals surface area contributed by atoms with Crippen molar-refractivity contribution in [3.8, 4) is 0 Å². The first-order valence-corrected chi connectivity index (χ1v) is 8.88. The van der Waals surface area contributed by atoms with Gasteiger partial charge in [0.15, 0.2) is 6.23 Å². The maximum absolute atomic E-state index is 10.4. The van der Waals surface area contributed by atoms with Gasteiger partial charge in [0.05, 0.1) is 27.7 Å². The van der Waals surface area contributed by atoms with E-state index in [0.29, 0.717) is 27.0 Å². The van der Waals surface area contributed by atoms with Crippen molar-refractivity contribution in [1.82, 2.24) is 9.55 Å². The van der Waals surface area contributed by atoms with Crippen molar-refractivity contribution in [3.05, 3.63) is 22.2 Å². The Kier molecular flexibility index (Phi) is 5.43. The molecule has 4 N–H and O–H groups in total. The highest BCUT2D eigenvalue weighted by Gasteiger charge is 2.44. The zero-order valence-corrected chi connectivity index (χ0v) is 15.4. The van der Waals surface area contributed by atoms with Gasteiger partial charge in [-0.3, -0.25) is 4.57 Å². The van der Waals surface area contributed by atoms with E-state index in [4.69, 9.17) is 27.9 Å². The van der Waals surface area contributed by atoms with Gasteiger partial charge in [-0.15, -0.1) is 0 Å². The number of hydrogen-bond donors (Lipinski definition) is 4. The summed E-state index contributed by atoms with van der Waals surface area (Å²) in [5.74, 6) is 0.470. The number of aromatic nitrogens is 2. The normalized spacial score (nSPS) is 27.8. The molecular weight excluding hydrogens is 369 g/mol. The average Bonchev–Trinajstić information content (AvgIpc) is 3.05. The third-order valence-electron chi connectivity index (χ3n) is 4.49. The van der Waals surface area contributed by atoms with Crippen molar-refractivity contribution in [2.24, 2.45) is 0 Å². The summed E-state index contributed by atoms with van der Waals surface area (Å²) < 4.78 is 7.32. The van der Waals surface area contributed by atoms with Gasteiger partial charge < -0.3 is 25.4 Å². The lowest BCUT2D eigenvalue weighted by Gasteiger charge is -2.22. The molecule has 0 saturated carbocycles. The molecule has 0 bridgehead atoms. The molecular formula is C16H21Cl2N3O4. The summed E-state index contributed by atoms with van der Waals surface area (Å²) in [6.07, 6.45) is -3.36. The van der Waals surface area contributed by atoms with Crippen LogP contribution in [0.25, 0.3) is 11.0 Å². The number of rotatable bonds is 5. The summed E-state index contributed by atoms with van der Waals surface area (Å²) in [5.41, 5.74) is 1.19. The Labute approximate surface area is 155 Å². The Bertz CT molecular complexity index is 769. The van der Waals surface area contributed by atoms with Gasteiger partial charge in [-0.25, -0.2) is 4.98 Å². The molecule has 0 radical (unpaired) electrons. The van der Waals surface area contributed by atoms with Crippen molar-refractivity contribution in [2.75, 3.05) is 11.9 Å². The topological polar surface area (TPSA) is 99.8 Å². The van der Waals surface area contributed by atoms with Crippen molar-refractivity contribution < 1.29 is 20.1 Å². The van der Waals surface area contributed by atoms with Crippen LogP contribution in [0.2, 0.25) is 10.0 Å². The second-order valence-electron chi connectivity index (χ2n) is 6.24. The second kappa shape index (κ2) is 7.26. The lowest BCUT2D eigenvalue weighted by atomic mass is 10.1. The summed E-state index contributed by atoms with van der Waals surface area (Å²) in [6.45, 7) is 3.63. The largest absolute Gasteiger partial charge is 0.394 e. The van der Waals surface area contributed by atoms with Crippen LogP contribution in [0.15, 0.2) is 12.1 Å². The van der Waals surface area contributed by atoms with Gasteiger partial charge in [-0.05, 0) is 25.5 Å². The lowest BCUT2D eigenvalue weighted by molar-refractivity contribution is -0.0499. The molecule has 0 amide bonds. The highest BCUT2D eigenvalue weighted by atomic mass is 35.5. The Morgan fingerprint density at radius 1 is 1.28 bits per heavy atom. The molecule has 1 saturated heterocycles. The highest BCUT2D eigenvalue weighted by Crippen LogP contribution is 2.37. The lowest BCUT2D eigenvalue weighted by Crippen LogP contribution is -2.33. The summed E-state index contributed by atoms with van der Waals surface area (Å²) in [7, 11) is 0. The van der Waals surface area contributed by atoms with Gasteiger partial charge in [0, 0.05) is 6.04 Å². The molecule has 9 heteroatoms. The number of ether oxygens (including phenoxy) is 1. The molecule has 3 rings (SSSR count). The summed E-state index contributed by atoms with van der Waals surface area (Å²) >= 11 is 12.2. The monoisotopic (exact) mass is 389 g/mol. The van der Waals surface area contributed by atoms with Crippen molar-refractivity contribution in [2.45, 2.75) is 50.8 Å². The van der Waals surface area contributed by atoms with Gasteiger partial charge in [-0.2, -0.15) is 0 Å². The van der Waals surface area contributed by atoms with E-state index in [2.05, 4.69) is 10.3 Å². The van der Waals surface area contributed by atoms with Gasteiger partial charge in [0.2, 0.25) is 5.95 Å². The number of halogens is 2. The minimum absolute atomic E-state index is 0.124. The molecule has 1 unspecified atom stereocenters. The number of benzene rings is 1. The van der Waals surface area contributed by atoms with Crippen LogP contribution in [0.5, 0.6) is 0 Å². The fourth-order valence-electron chi connectivity index (χ4n) is 2.87. The number of hydrogen-bond acceptors (Lipinski definition) is 6. The summed E-state index contributed by atoms with van der Waals surface area (Å²) in [4.78, 5) is 4.53. The quantitative estimate of drug-likeness (QED) is 0.625. The zero-order chi connectivity index (χ0) is 18.3. The first kappa shape index (κ1) is 18.7. The average molecular weight is 390 g/mol. The smallest absolute Gasteiger partial charge is 0.206 e. The van der Waals surface area contributed by atoms with Crippen molar-refractivity contribution >= 4 is 40.2 Å². The van der Waals surface area contributed by atoms with Gasteiger partial charge in [0.25, 0.3) is 0 Å². The number of aliphatic hydroxyl groups is 3. The molecule has 1 aliphatic heterocycles. The molecule has 0 aliphatic carbocycles. The minimum Gasteiger partial charge on any atom is -0.394 e. The van der Waals surface area contributed by atoms with E-state index in [-0.39, 0.29) is 6.04 Å². The van der Waals surface area contributed by atoms with E-state index in [9.17, 15) is 15.3 Å². The van der Waals surface area contributed by atoms with Crippen LogP contribution < -0.4 is 5.32 Å². The van der Waals surface area contributed by atoms with Gasteiger partial charge >= 0.3 is 0 Å². The van der Waals surface area contributed by atoms with Crippen molar-refractivity contribution in [3.63, 3.8) is 0 Å². The van der Waals surface area contributed by atoms with Crippen LogP contribution in [0.3, 0.4) is 0 Å². The van der Waals surface area contributed by atoms with Crippen LogP contribution in [0, 0.1) is 0 Å². The molecule has 1 aromatic carbocycles. The molecule has 138 valence electrons. The van der Waals surface area contributed by atoms with E-state index < -0.39 is 31.1 Å². The molecule has 2 heterocycles. The first-order chi connectivity index (χ1) is 11.9. The third kappa shape index (κ3) is 3.32. The Hall–Kier alpha value is -1.09. The van der Waals surface area contributed by atoms with Crippen LogP contribution in [0.4, 0.5) is 5.95 Å². The number of fused-ring (bicyclic) bond motifs is 1. The van der Waals surface area contributed by atoms with Crippen LogP contribution in [-0.2, 0) is 4.74 Å². The highest BCUT2D eigenvalue weighted by molar-refractivity contribution is 6.42. The number of imidazole rings is 1. The summed E-state index contributed by atoms with van der Waals surface area (Å²) in [5, 5.41) is 33.8. The summed E-state index contributed by atoms with van der Waals surface area (Å²) in [6, 6.07) is 3.40. The fraction of sp³-hybridized carbons (Fsp3) is 0.562. The van der Waals surface area contributed by atoms with E-state index >= 15 is 0 Å². The van der Waals surface area contributed by atoms with E-state index in [1.165, 1.54) is 0 Å². The predicted octanol–water partition coefficient (Wildman–Crippen LogP) is 2.17. The molecule has 1 aliphatic rings. The maximum atomic E-state index is 10.4. The number of nitrogens with zero attached hydrogens (tertiary/aromatic N) is 2. The van der Waals surface area contributed by atoms with E-state index in [0.717, 1.165) is 6.42 Å². The van der Waals surface area contributed by atoms with Crippen LogP contribution in [-0.4, -0.2) is 55.8 Å². The second-order valence-corrected chi connectivity index (χ2v) is 7.06. The van der Waals surface area contributed by atoms with E-state index in [1.54, 1.807) is 16.7 Å². The zero-order valence-electron chi connectivity index (χ0n) is 13.9. The minimum atomic E-state index is -1.22.